The summed E-state index contributed by atoms with van der Waals surface area (Å²) in [7, 11) is 2.96. The Hall–Kier alpha value is -2.46. The summed E-state index contributed by atoms with van der Waals surface area (Å²) in [6.45, 7) is 1.90. The molecule has 0 radical (unpaired) electrons. The molecule has 1 aromatic heterocycles. The fourth-order valence-electron chi connectivity index (χ4n) is 5.06. The molecule has 1 saturated heterocycles. The third-order valence-electron chi connectivity index (χ3n) is 7.11. The SMILES string of the molecule is COC(=O)[C@@H]1CN(CCSc2cc(F)ccc2F)CC[C@@H]1CC[C@H](O)c1c(Cl)cnc2ccc(OC)cc12. The van der Waals surface area contributed by atoms with Crippen molar-refractivity contribution in [1.29, 1.82) is 0 Å². The molecule has 0 unspecified atom stereocenters. The fraction of sp³-hybridized carbons (Fsp3) is 0.429. The van der Waals surface area contributed by atoms with Gasteiger partial charge in [-0.15, -0.1) is 11.8 Å². The van der Waals surface area contributed by atoms with E-state index in [1.54, 1.807) is 19.4 Å². The molecule has 2 heterocycles. The normalized spacial score (nSPS) is 18.9. The zero-order valence-electron chi connectivity index (χ0n) is 21.3. The highest BCUT2D eigenvalue weighted by molar-refractivity contribution is 7.99. The van der Waals surface area contributed by atoms with Crippen molar-refractivity contribution in [2.45, 2.75) is 30.3 Å². The Morgan fingerprint density at radius 2 is 2.08 bits per heavy atom. The third kappa shape index (κ3) is 6.75. The van der Waals surface area contributed by atoms with Gasteiger partial charge in [-0.05, 0) is 68.1 Å². The van der Waals surface area contributed by atoms with Crippen LogP contribution >= 0.6 is 23.4 Å². The molecule has 1 fully saturated rings. The standard InChI is InChI=1S/C28H31ClF2N2O4S/c1-36-19-5-7-24-20(14-19)27(22(29)15-32-24)25(34)8-3-17-9-10-33(16-21(17)28(35)37-2)11-12-38-26-13-18(30)4-6-23(26)31/h4-7,13-15,17,21,25,34H,3,8-12,16H2,1-2H3/t17-,21+,25-/m0/s1. The van der Waals surface area contributed by atoms with Crippen LogP contribution in [0.1, 0.15) is 30.9 Å². The van der Waals surface area contributed by atoms with Gasteiger partial charge in [-0.3, -0.25) is 9.78 Å². The number of thioether (sulfide) groups is 1. The predicted octanol–water partition coefficient (Wildman–Crippen LogP) is 5.89. The average Bonchev–Trinajstić information content (AvgIpc) is 2.93. The number of benzene rings is 2. The Bertz CT molecular complexity index is 1280. The summed E-state index contributed by atoms with van der Waals surface area (Å²) in [5, 5.41) is 12.3. The zero-order chi connectivity index (χ0) is 27.2. The lowest BCUT2D eigenvalue weighted by Crippen LogP contribution is -2.45. The van der Waals surface area contributed by atoms with Crippen molar-refractivity contribution in [3.63, 3.8) is 0 Å². The smallest absolute Gasteiger partial charge is 0.310 e. The Morgan fingerprint density at radius 3 is 2.84 bits per heavy atom. The number of esters is 1. The molecule has 204 valence electrons. The van der Waals surface area contributed by atoms with Gasteiger partial charge in [0, 0.05) is 40.9 Å². The topological polar surface area (TPSA) is 71.9 Å². The number of carbonyl (C=O) groups excluding carboxylic acids is 1. The van der Waals surface area contributed by atoms with Gasteiger partial charge < -0.3 is 19.5 Å². The highest BCUT2D eigenvalue weighted by Crippen LogP contribution is 2.37. The number of rotatable bonds is 10. The van der Waals surface area contributed by atoms with Gasteiger partial charge in [-0.2, -0.15) is 0 Å². The molecule has 3 aromatic rings. The maximum absolute atomic E-state index is 13.9. The van der Waals surface area contributed by atoms with Crippen molar-refractivity contribution in [2.24, 2.45) is 11.8 Å². The van der Waals surface area contributed by atoms with Gasteiger partial charge in [0.2, 0.25) is 0 Å². The number of aliphatic hydroxyl groups is 1. The van der Waals surface area contributed by atoms with Gasteiger partial charge in [0.05, 0.1) is 36.8 Å². The molecular formula is C28H31ClF2N2O4S. The third-order valence-corrected chi connectivity index (χ3v) is 8.43. The summed E-state index contributed by atoms with van der Waals surface area (Å²) in [5.41, 5.74) is 1.31. The Kier molecular flexibility index (Phi) is 9.81. The molecule has 3 atom stereocenters. The molecule has 1 aliphatic rings. The fourth-order valence-corrected chi connectivity index (χ4v) is 6.31. The summed E-state index contributed by atoms with van der Waals surface area (Å²) >= 11 is 7.71. The number of halogens is 3. The number of aliphatic hydroxyl groups excluding tert-OH is 1. The monoisotopic (exact) mass is 564 g/mol. The lowest BCUT2D eigenvalue weighted by Gasteiger charge is -2.37. The quantitative estimate of drug-likeness (QED) is 0.243. The van der Waals surface area contributed by atoms with E-state index >= 15 is 0 Å². The Balaban J connectivity index is 1.39. The van der Waals surface area contributed by atoms with Crippen LogP contribution in [0.3, 0.4) is 0 Å². The predicted molar refractivity (Wildman–Crippen MR) is 145 cm³/mol. The van der Waals surface area contributed by atoms with E-state index in [4.69, 9.17) is 21.1 Å². The maximum Gasteiger partial charge on any atom is 0.310 e. The molecule has 6 nitrogen and oxygen atoms in total. The summed E-state index contributed by atoms with van der Waals surface area (Å²) in [4.78, 5) is 19.4. The number of fused-ring (bicyclic) bond motifs is 1. The number of nitrogens with zero attached hydrogens (tertiary/aromatic N) is 2. The number of carbonyl (C=O) groups is 1. The minimum atomic E-state index is -0.839. The largest absolute Gasteiger partial charge is 0.497 e. The molecule has 0 aliphatic carbocycles. The van der Waals surface area contributed by atoms with Crippen LogP contribution in [0.4, 0.5) is 8.78 Å². The van der Waals surface area contributed by atoms with Crippen molar-refractivity contribution in [2.75, 3.05) is 39.6 Å². The average molecular weight is 565 g/mol. The van der Waals surface area contributed by atoms with Crippen LogP contribution in [-0.2, 0) is 9.53 Å². The van der Waals surface area contributed by atoms with Crippen LogP contribution < -0.4 is 4.74 Å². The first-order chi connectivity index (χ1) is 18.3. The molecule has 1 N–H and O–H groups in total. The molecule has 0 spiro atoms. The first kappa shape index (κ1) is 28.5. The van der Waals surface area contributed by atoms with Crippen LogP contribution in [0.5, 0.6) is 5.75 Å². The van der Waals surface area contributed by atoms with E-state index in [2.05, 4.69) is 9.88 Å². The summed E-state index contributed by atoms with van der Waals surface area (Å²) < 4.78 is 37.8. The molecule has 0 amide bonds. The number of aromatic nitrogens is 1. The Morgan fingerprint density at radius 1 is 1.26 bits per heavy atom. The number of likely N-dealkylation sites (tertiary alicyclic amines) is 1. The van der Waals surface area contributed by atoms with Crippen molar-refractivity contribution in [3.8, 4) is 5.75 Å². The molecule has 0 bridgehead atoms. The van der Waals surface area contributed by atoms with E-state index < -0.39 is 17.7 Å². The van der Waals surface area contributed by atoms with Crippen molar-refractivity contribution < 1.29 is 28.2 Å². The van der Waals surface area contributed by atoms with E-state index in [0.29, 0.717) is 53.5 Å². The molecular weight excluding hydrogens is 534 g/mol. The maximum atomic E-state index is 13.9. The molecule has 1 aliphatic heterocycles. The van der Waals surface area contributed by atoms with E-state index in [-0.39, 0.29) is 22.7 Å². The molecule has 38 heavy (non-hydrogen) atoms. The zero-order valence-corrected chi connectivity index (χ0v) is 22.9. The minimum Gasteiger partial charge on any atom is -0.497 e. The Labute approximate surface area is 230 Å². The number of ether oxygens (including phenoxy) is 2. The second kappa shape index (κ2) is 13.1. The first-order valence-corrected chi connectivity index (χ1v) is 13.8. The minimum absolute atomic E-state index is 0.0306. The van der Waals surface area contributed by atoms with Crippen molar-refractivity contribution in [1.82, 2.24) is 9.88 Å². The number of hydrogen-bond donors (Lipinski definition) is 1. The van der Waals surface area contributed by atoms with Crippen LogP contribution in [0.2, 0.25) is 5.02 Å². The van der Waals surface area contributed by atoms with E-state index in [1.807, 2.05) is 12.1 Å². The van der Waals surface area contributed by atoms with E-state index in [1.165, 1.54) is 24.9 Å². The van der Waals surface area contributed by atoms with Crippen LogP contribution in [0.15, 0.2) is 47.5 Å². The summed E-state index contributed by atoms with van der Waals surface area (Å²) in [5.74, 6) is -0.301. The van der Waals surface area contributed by atoms with E-state index in [0.717, 1.165) is 30.5 Å². The number of piperidine rings is 1. The molecule has 0 saturated carbocycles. The summed E-state index contributed by atoms with van der Waals surface area (Å²) in [6, 6.07) is 8.87. The van der Waals surface area contributed by atoms with Crippen molar-refractivity contribution in [3.05, 3.63) is 64.8 Å². The van der Waals surface area contributed by atoms with Gasteiger partial charge in [0.25, 0.3) is 0 Å². The number of methoxy groups -OCH3 is 2. The number of pyridine rings is 1. The number of hydrogen-bond acceptors (Lipinski definition) is 7. The van der Waals surface area contributed by atoms with Gasteiger partial charge in [-0.25, -0.2) is 8.78 Å². The van der Waals surface area contributed by atoms with Gasteiger partial charge in [0.15, 0.2) is 0 Å². The van der Waals surface area contributed by atoms with Gasteiger partial charge >= 0.3 is 5.97 Å². The lowest BCUT2D eigenvalue weighted by molar-refractivity contribution is -0.150. The van der Waals surface area contributed by atoms with Crippen LogP contribution in [0, 0.1) is 23.5 Å². The van der Waals surface area contributed by atoms with Crippen LogP contribution in [0.25, 0.3) is 10.9 Å². The molecule has 2 aromatic carbocycles. The molecule has 10 heteroatoms. The summed E-state index contributed by atoms with van der Waals surface area (Å²) in [6.07, 6.45) is 2.49. The highest BCUT2D eigenvalue weighted by Gasteiger charge is 2.35. The van der Waals surface area contributed by atoms with Gasteiger partial charge in [-0.1, -0.05) is 11.6 Å². The first-order valence-electron chi connectivity index (χ1n) is 12.5. The van der Waals surface area contributed by atoms with Gasteiger partial charge in [0.1, 0.15) is 17.4 Å². The molecule has 4 rings (SSSR count). The van der Waals surface area contributed by atoms with E-state index in [9.17, 15) is 18.7 Å². The second-order valence-corrected chi connectivity index (χ2v) is 10.9. The lowest BCUT2D eigenvalue weighted by atomic mass is 9.81. The van der Waals surface area contributed by atoms with Crippen LogP contribution in [-0.4, -0.2) is 60.6 Å². The highest BCUT2D eigenvalue weighted by atomic mass is 35.5. The second-order valence-electron chi connectivity index (χ2n) is 9.40. The van der Waals surface area contributed by atoms with Crippen molar-refractivity contribution >= 4 is 40.2 Å².